The van der Waals surface area contributed by atoms with E-state index < -0.39 is 0 Å². The highest BCUT2D eigenvalue weighted by atomic mass is 16.3. The number of hydrogen-bond donors (Lipinski definition) is 0. The molecule has 0 saturated carbocycles. The summed E-state index contributed by atoms with van der Waals surface area (Å²) in [5.74, 6) is 1.79. The van der Waals surface area contributed by atoms with E-state index >= 15 is 0 Å². The second-order valence-electron chi connectivity index (χ2n) is 29.0. The summed E-state index contributed by atoms with van der Waals surface area (Å²) in [6.07, 6.45) is 0. The van der Waals surface area contributed by atoms with Crippen LogP contribution in [0.1, 0.15) is 158 Å². The Hall–Kier alpha value is -7.32. The van der Waals surface area contributed by atoms with Crippen molar-refractivity contribution >= 4 is 132 Å². The third kappa shape index (κ3) is 5.80. The van der Waals surface area contributed by atoms with E-state index in [9.17, 15) is 0 Å². The van der Waals surface area contributed by atoms with Crippen LogP contribution in [0.5, 0.6) is 0 Å². The Bertz CT molecular complexity index is 4770. The van der Waals surface area contributed by atoms with Crippen LogP contribution in [-0.2, 0) is 32.5 Å². The van der Waals surface area contributed by atoms with Crippen molar-refractivity contribution in [3.8, 4) is 0 Å². The number of furan rings is 2. The van der Waals surface area contributed by atoms with Gasteiger partial charge in [-0.15, -0.1) is 0 Å². The van der Waals surface area contributed by atoms with Gasteiger partial charge in [-0.3, -0.25) is 17.6 Å². The van der Waals surface area contributed by atoms with Gasteiger partial charge in [0.25, 0.3) is 0 Å². The first-order valence-electron chi connectivity index (χ1n) is 27.5. The van der Waals surface area contributed by atoms with Crippen LogP contribution in [-0.4, -0.2) is 27.6 Å². The average Bonchev–Trinajstić information content (AvgIpc) is 4.14. The minimum absolute atomic E-state index is 0.0379. The molecule has 0 spiro atoms. The normalized spacial score (nSPS) is 14.4. The quantitative estimate of drug-likeness (QED) is 0.152. The van der Waals surface area contributed by atoms with E-state index in [2.05, 4.69) is 227 Å². The van der Waals surface area contributed by atoms with Crippen molar-refractivity contribution in [2.45, 2.75) is 157 Å². The van der Waals surface area contributed by atoms with Crippen molar-refractivity contribution in [1.82, 2.24) is 27.6 Å². The van der Waals surface area contributed by atoms with Crippen LogP contribution < -0.4 is 0 Å². The number of fused-ring (bicyclic) bond motifs is 24. The highest BCUT2D eigenvalue weighted by Gasteiger charge is 2.35. The molecule has 7 aromatic carbocycles. The van der Waals surface area contributed by atoms with E-state index in [-0.39, 0.29) is 32.5 Å². The summed E-state index contributed by atoms with van der Waals surface area (Å²) >= 11 is 0. The summed E-state index contributed by atoms with van der Waals surface area (Å²) < 4.78 is 24.0. The van der Waals surface area contributed by atoms with Gasteiger partial charge in [0, 0.05) is 66.3 Å². The zero-order chi connectivity index (χ0) is 53.4. The topological polar surface area (TPSA) is 69.7 Å². The molecule has 0 aliphatic rings. The van der Waals surface area contributed by atoms with Crippen molar-refractivity contribution in [3.63, 3.8) is 0 Å². The Morgan fingerprint density at radius 1 is 0.316 bits per heavy atom. The second kappa shape index (κ2) is 13.6. The second-order valence-corrected chi connectivity index (χ2v) is 29.0. The van der Waals surface area contributed by atoms with Crippen molar-refractivity contribution < 1.29 is 8.83 Å². The van der Waals surface area contributed by atoms with Gasteiger partial charge in [0.2, 0.25) is 11.6 Å². The molecule has 0 aliphatic carbocycles. The van der Waals surface area contributed by atoms with Crippen LogP contribution in [0, 0.1) is 0 Å². The molecule has 15 aromatic rings. The van der Waals surface area contributed by atoms with Gasteiger partial charge in [0.15, 0.2) is 0 Å². The molecule has 76 heavy (non-hydrogen) atoms. The summed E-state index contributed by atoms with van der Waals surface area (Å²) in [5, 5.41) is 9.30. The lowest BCUT2D eigenvalue weighted by Crippen LogP contribution is -2.16. The van der Waals surface area contributed by atoms with Gasteiger partial charge in [-0.2, -0.15) is 0 Å². The zero-order valence-electron chi connectivity index (χ0n) is 47.6. The number of nitrogens with zero attached hydrogens (tertiary/aromatic N) is 6. The van der Waals surface area contributed by atoms with Crippen LogP contribution in [0.15, 0.2) is 93.8 Å². The van der Waals surface area contributed by atoms with Crippen LogP contribution in [0.2, 0.25) is 0 Å². The third-order valence-electron chi connectivity index (χ3n) is 17.4. The molecule has 0 amide bonds. The van der Waals surface area contributed by atoms with Crippen molar-refractivity contribution in [3.05, 3.63) is 118 Å². The molecule has 8 aromatic heterocycles. The SMILES string of the molecule is CC(C)(C)c1cc(C(C)(C)C)c2oc3cc4c(cc3c2c1)nc1n4c2c3c4cc(C(C)(C)C)ccc4n4c3c(c3c5cc(C(C)(C)C)ccc5n1c32)n1c2cc3oc5c(C(C)(C)C)cc(C(C)(C)C)cc5c3cc2nc14. The Balaban J connectivity index is 1.16. The number of imidazole rings is 4. The van der Waals surface area contributed by atoms with Crippen molar-refractivity contribution in [1.29, 1.82) is 0 Å². The first-order chi connectivity index (χ1) is 35.5. The predicted octanol–water partition coefficient (Wildman–Crippen LogP) is 18.9. The molecule has 0 saturated heterocycles. The highest BCUT2D eigenvalue weighted by Crippen LogP contribution is 2.51. The van der Waals surface area contributed by atoms with Crippen LogP contribution in [0.3, 0.4) is 0 Å². The van der Waals surface area contributed by atoms with Gasteiger partial charge >= 0.3 is 0 Å². The molecule has 0 fully saturated rings. The summed E-state index contributed by atoms with van der Waals surface area (Å²) in [6, 6.07) is 32.8. The molecular formula is C68H68N6O2. The van der Waals surface area contributed by atoms with Crippen LogP contribution in [0.25, 0.3) is 132 Å². The summed E-state index contributed by atoms with van der Waals surface area (Å²) in [5.41, 5.74) is 21.6. The fraction of sp³-hybridized carbons (Fsp3) is 0.353. The Kier molecular flexibility index (Phi) is 8.24. The van der Waals surface area contributed by atoms with Gasteiger partial charge < -0.3 is 8.83 Å². The number of aromatic nitrogens is 6. The molecule has 0 unspecified atom stereocenters. The van der Waals surface area contributed by atoms with Gasteiger partial charge in [0.1, 0.15) is 22.3 Å². The van der Waals surface area contributed by atoms with Gasteiger partial charge in [-0.25, -0.2) is 9.97 Å². The molecule has 0 bridgehead atoms. The summed E-state index contributed by atoms with van der Waals surface area (Å²) in [6.45, 7) is 41.4. The Morgan fingerprint density at radius 3 is 0.974 bits per heavy atom. The average molecular weight is 1000 g/mol. The molecule has 0 aliphatic heterocycles. The zero-order valence-corrected chi connectivity index (χ0v) is 47.6. The Morgan fingerprint density at radius 2 is 0.645 bits per heavy atom. The molecule has 15 rings (SSSR count). The lowest BCUT2D eigenvalue weighted by Gasteiger charge is -2.25. The molecule has 0 N–H and O–H groups in total. The maximum Gasteiger partial charge on any atom is 0.220 e. The first kappa shape index (κ1) is 46.0. The summed E-state index contributed by atoms with van der Waals surface area (Å²) in [4.78, 5) is 11.5. The van der Waals surface area contributed by atoms with Crippen LogP contribution in [0.4, 0.5) is 0 Å². The fourth-order valence-electron chi connectivity index (χ4n) is 13.1. The van der Waals surface area contributed by atoms with E-state index in [0.717, 1.165) is 111 Å². The monoisotopic (exact) mass is 1000 g/mol. The molecule has 0 atom stereocenters. The largest absolute Gasteiger partial charge is 0.456 e. The van der Waals surface area contributed by atoms with Gasteiger partial charge in [-0.1, -0.05) is 149 Å². The number of hydrogen-bond acceptors (Lipinski definition) is 4. The lowest BCUT2D eigenvalue weighted by atomic mass is 9.79. The van der Waals surface area contributed by atoms with E-state index in [1.165, 1.54) is 54.9 Å². The van der Waals surface area contributed by atoms with Crippen LogP contribution >= 0.6 is 0 Å². The minimum atomic E-state index is -0.123. The summed E-state index contributed by atoms with van der Waals surface area (Å²) in [7, 11) is 0. The maximum atomic E-state index is 7.10. The van der Waals surface area contributed by atoms with Gasteiger partial charge in [0.05, 0.1) is 55.2 Å². The predicted molar refractivity (Wildman–Crippen MR) is 320 cm³/mol. The first-order valence-corrected chi connectivity index (χ1v) is 27.5. The molecule has 0 radical (unpaired) electrons. The minimum Gasteiger partial charge on any atom is -0.456 e. The fourth-order valence-corrected chi connectivity index (χ4v) is 13.1. The van der Waals surface area contributed by atoms with E-state index in [1.54, 1.807) is 0 Å². The molecule has 382 valence electrons. The molecule has 8 heteroatoms. The smallest absolute Gasteiger partial charge is 0.220 e. The van der Waals surface area contributed by atoms with E-state index in [4.69, 9.17) is 18.8 Å². The molecular weight excluding hydrogens is 933 g/mol. The van der Waals surface area contributed by atoms with Crippen molar-refractivity contribution in [2.24, 2.45) is 0 Å². The molecule has 8 heterocycles. The van der Waals surface area contributed by atoms with E-state index in [1.807, 2.05) is 0 Å². The number of rotatable bonds is 0. The lowest BCUT2D eigenvalue weighted by molar-refractivity contribution is 0.558. The maximum absolute atomic E-state index is 7.10. The standard InChI is InChI=1S/C68H68N6O2/c1-63(2,3)33-19-21-47-41(23-33)53-55-58(74-50-32-52-38(30-46(50)69-61(74)71(47)55)40-26-36(66(10,11)12)28-44(60(40)76-52)68(16,17)18)54-42-24-34(64(4,5)6)20-22-48(42)72-56(54)57(53)73-49-31-51-37(29-45(49)70-62(72)73)39-25-35(65(7,8)9)27-43(59(39)75-51)67(13,14)15/h19-32H,1-18H3. The third-order valence-corrected chi connectivity index (χ3v) is 17.4. The highest BCUT2D eigenvalue weighted by molar-refractivity contribution is 6.37. The Labute approximate surface area is 441 Å². The molecule has 8 nitrogen and oxygen atoms in total. The number of benzene rings is 7. The van der Waals surface area contributed by atoms with E-state index in [0.29, 0.717) is 0 Å². The van der Waals surface area contributed by atoms with Crippen molar-refractivity contribution in [2.75, 3.05) is 0 Å². The van der Waals surface area contributed by atoms with Gasteiger partial charge in [-0.05, 0) is 103 Å².